The molecule has 6 nitrogen and oxygen atoms in total. The van der Waals surface area contributed by atoms with Crippen LogP contribution in [-0.4, -0.2) is 23.6 Å². The van der Waals surface area contributed by atoms with Gasteiger partial charge in [0.2, 0.25) is 5.91 Å². The molecule has 25 heavy (non-hydrogen) atoms. The van der Waals surface area contributed by atoms with E-state index in [2.05, 4.69) is 37.2 Å². The lowest BCUT2D eigenvalue weighted by atomic mass is 10.0. The maximum absolute atomic E-state index is 11.7. The molecule has 8 heteroatoms. The largest absolute Gasteiger partial charge is 0.482 e. The van der Waals surface area contributed by atoms with Crippen molar-refractivity contribution < 1.29 is 24.2 Å². The first-order valence-corrected chi connectivity index (χ1v) is 8.90. The molecule has 0 saturated carbocycles. The van der Waals surface area contributed by atoms with Gasteiger partial charge in [-0.1, -0.05) is 0 Å². The number of halogens is 2. The minimum absolute atomic E-state index is 0.0329. The van der Waals surface area contributed by atoms with E-state index in [0.717, 1.165) is 11.3 Å². The van der Waals surface area contributed by atoms with Gasteiger partial charge in [0.1, 0.15) is 11.5 Å². The quantitative estimate of drug-likeness (QED) is 0.670. The molecule has 2 N–H and O–H groups in total. The van der Waals surface area contributed by atoms with E-state index < -0.39 is 12.6 Å². The van der Waals surface area contributed by atoms with Gasteiger partial charge in [0.15, 0.2) is 12.4 Å². The highest BCUT2D eigenvalue weighted by atomic mass is 79.9. The van der Waals surface area contributed by atoms with Crippen LogP contribution in [0.5, 0.6) is 17.2 Å². The molecular formula is C17H13Br2NO5. The minimum atomic E-state index is -1.05. The smallest absolute Gasteiger partial charge is 0.341 e. The third-order valence-electron chi connectivity index (χ3n) is 3.69. The molecule has 1 unspecified atom stereocenters. The van der Waals surface area contributed by atoms with Crippen LogP contribution in [0.15, 0.2) is 39.3 Å². The van der Waals surface area contributed by atoms with Crippen molar-refractivity contribution in [2.45, 2.75) is 12.8 Å². The van der Waals surface area contributed by atoms with Crippen molar-refractivity contribution in [1.82, 2.24) is 0 Å². The van der Waals surface area contributed by atoms with Crippen LogP contribution in [0.1, 0.15) is 18.4 Å². The molecule has 0 saturated heterocycles. The number of fused-ring (bicyclic) bond motifs is 1. The van der Waals surface area contributed by atoms with Gasteiger partial charge in [-0.3, -0.25) is 4.79 Å². The number of hydrogen-bond donors (Lipinski definition) is 2. The number of carboxylic acids is 1. The van der Waals surface area contributed by atoms with Gasteiger partial charge in [-0.15, -0.1) is 0 Å². The molecule has 1 atom stereocenters. The number of amides is 1. The summed E-state index contributed by atoms with van der Waals surface area (Å²) in [5.41, 5.74) is 1.68. The molecule has 0 spiro atoms. The van der Waals surface area contributed by atoms with Crippen molar-refractivity contribution in [2.24, 2.45) is 0 Å². The van der Waals surface area contributed by atoms with Crippen molar-refractivity contribution >= 4 is 49.4 Å². The van der Waals surface area contributed by atoms with E-state index in [1.807, 2.05) is 13.0 Å². The highest BCUT2D eigenvalue weighted by Gasteiger charge is 2.27. The monoisotopic (exact) mass is 469 g/mol. The predicted molar refractivity (Wildman–Crippen MR) is 98.5 cm³/mol. The van der Waals surface area contributed by atoms with E-state index in [1.54, 1.807) is 24.3 Å². The van der Waals surface area contributed by atoms with Gasteiger partial charge >= 0.3 is 5.97 Å². The second-order valence-corrected chi connectivity index (χ2v) is 7.17. The zero-order chi connectivity index (χ0) is 18.1. The molecule has 0 aromatic heterocycles. The molecule has 1 aliphatic heterocycles. The molecule has 2 aromatic carbocycles. The van der Waals surface area contributed by atoms with Gasteiger partial charge < -0.3 is 19.9 Å². The van der Waals surface area contributed by atoms with Crippen LogP contribution >= 0.6 is 31.9 Å². The van der Waals surface area contributed by atoms with Gasteiger partial charge in [-0.2, -0.15) is 0 Å². The molecule has 1 aliphatic rings. The standard InChI is InChI=1S/C17H13Br2NO5/c1-8-11-4-9(2-3-14(11)20-17(8)23)25-16-12(18)5-10(6-13(16)19)24-7-15(21)22/h2-6,8H,7H2,1H3,(H,20,23)(H,21,22). The average molecular weight is 471 g/mol. The van der Waals surface area contributed by atoms with E-state index >= 15 is 0 Å². The summed E-state index contributed by atoms with van der Waals surface area (Å²) in [5, 5.41) is 11.5. The van der Waals surface area contributed by atoms with Crippen LogP contribution in [-0.2, 0) is 9.59 Å². The van der Waals surface area contributed by atoms with Crippen LogP contribution in [0, 0.1) is 0 Å². The molecule has 0 aliphatic carbocycles. The zero-order valence-corrected chi connectivity index (χ0v) is 16.2. The highest BCUT2D eigenvalue weighted by Crippen LogP contribution is 2.42. The van der Waals surface area contributed by atoms with Crippen LogP contribution < -0.4 is 14.8 Å². The topological polar surface area (TPSA) is 84.9 Å². The van der Waals surface area contributed by atoms with Crippen molar-refractivity contribution in [1.29, 1.82) is 0 Å². The van der Waals surface area contributed by atoms with E-state index in [-0.39, 0.29) is 11.8 Å². The third kappa shape index (κ3) is 3.80. The zero-order valence-electron chi connectivity index (χ0n) is 13.0. The summed E-state index contributed by atoms with van der Waals surface area (Å²) in [4.78, 5) is 22.3. The molecule has 2 aromatic rings. The lowest BCUT2D eigenvalue weighted by molar-refractivity contribution is -0.139. The predicted octanol–water partition coefficient (Wildman–Crippen LogP) is 4.52. The summed E-state index contributed by atoms with van der Waals surface area (Å²) < 4.78 is 12.3. The Morgan fingerprint density at radius 1 is 1.20 bits per heavy atom. The fraction of sp³-hybridized carbons (Fsp3) is 0.176. The second kappa shape index (κ2) is 7.05. The molecule has 0 radical (unpaired) electrons. The second-order valence-electron chi connectivity index (χ2n) is 5.46. The van der Waals surface area contributed by atoms with Gasteiger partial charge in [-0.25, -0.2) is 4.79 Å². The van der Waals surface area contributed by atoms with Gasteiger partial charge in [-0.05, 0) is 74.7 Å². The number of nitrogens with one attached hydrogen (secondary N) is 1. The first-order chi connectivity index (χ1) is 11.8. The average Bonchev–Trinajstić information content (AvgIpc) is 2.83. The van der Waals surface area contributed by atoms with Gasteiger partial charge in [0.25, 0.3) is 0 Å². The molecule has 1 amide bonds. The number of hydrogen-bond acceptors (Lipinski definition) is 4. The number of rotatable bonds is 5. The van der Waals surface area contributed by atoms with Crippen LogP contribution in [0.3, 0.4) is 0 Å². The summed E-state index contributed by atoms with van der Waals surface area (Å²) in [7, 11) is 0. The fourth-order valence-electron chi connectivity index (χ4n) is 2.44. The fourth-order valence-corrected chi connectivity index (χ4v) is 3.75. The Balaban J connectivity index is 1.84. The van der Waals surface area contributed by atoms with Gasteiger partial charge in [0.05, 0.1) is 14.9 Å². The van der Waals surface area contributed by atoms with Gasteiger partial charge in [0, 0.05) is 5.69 Å². The van der Waals surface area contributed by atoms with Crippen LogP contribution in [0.4, 0.5) is 5.69 Å². The van der Waals surface area contributed by atoms with E-state index in [1.165, 1.54) is 0 Å². The summed E-state index contributed by atoms with van der Waals surface area (Å²) >= 11 is 6.79. The van der Waals surface area contributed by atoms with E-state index in [0.29, 0.717) is 26.2 Å². The number of carboxylic acid groups (broad SMARTS) is 1. The van der Waals surface area contributed by atoms with Crippen molar-refractivity contribution in [3.8, 4) is 17.2 Å². The molecule has 0 bridgehead atoms. The number of aliphatic carboxylic acids is 1. The number of carbonyl (C=O) groups excluding carboxylic acids is 1. The molecule has 130 valence electrons. The third-order valence-corrected chi connectivity index (χ3v) is 4.87. The van der Waals surface area contributed by atoms with Crippen molar-refractivity contribution in [3.05, 3.63) is 44.8 Å². The Kier molecular flexibility index (Phi) is 5.01. The minimum Gasteiger partial charge on any atom is -0.482 e. The van der Waals surface area contributed by atoms with Crippen molar-refractivity contribution in [3.63, 3.8) is 0 Å². The molecule has 1 heterocycles. The lowest BCUT2D eigenvalue weighted by Crippen LogP contribution is -2.09. The number of ether oxygens (including phenoxy) is 2. The highest BCUT2D eigenvalue weighted by molar-refractivity contribution is 9.11. The first kappa shape index (κ1) is 17.8. The Labute approximate surface area is 160 Å². The van der Waals surface area contributed by atoms with Crippen LogP contribution in [0.2, 0.25) is 0 Å². The first-order valence-electron chi connectivity index (χ1n) is 7.31. The number of benzene rings is 2. The Hall–Kier alpha value is -2.06. The maximum Gasteiger partial charge on any atom is 0.341 e. The molecule has 0 fully saturated rings. The lowest BCUT2D eigenvalue weighted by Gasteiger charge is -2.13. The maximum atomic E-state index is 11.7. The molecular weight excluding hydrogens is 458 g/mol. The number of carbonyl (C=O) groups is 2. The van der Waals surface area contributed by atoms with E-state index in [9.17, 15) is 9.59 Å². The summed E-state index contributed by atoms with van der Waals surface area (Å²) in [6, 6.07) is 8.66. The van der Waals surface area contributed by atoms with Crippen molar-refractivity contribution in [2.75, 3.05) is 11.9 Å². The Morgan fingerprint density at radius 3 is 2.52 bits per heavy atom. The normalized spacial score (nSPS) is 15.5. The Morgan fingerprint density at radius 2 is 1.88 bits per heavy atom. The SMILES string of the molecule is CC1C(=O)Nc2ccc(Oc3c(Br)cc(OCC(=O)O)cc3Br)cc21. The summed E-state index contributed by atoms with van der Waals surface area (Å²) in [6.45, 7) is 1.41. The summed E-state index contributed by atoms with van der Waals surface area (Å²) in [5.74, 6) is 0.191. The number of anilines is 1. The molecule has 3 rings (SSSR count). The van der Waals surface area contributed by atoms with E-state index in [4.69, 9.17) is 14.6 Å². The summed E-state index contributed by atoms with van der Waals surface area (Å²) in [6.07, 6.45) is 0. The Bertz CT molecular complexity index is 845. The van der Waals surface area contributed by atoms with Crippen LogP contribution in [0.25, 0.3) is 0 Å².